The molecule has 2 heterocycles. The summed E-state index contributed by atoms with van der Waals surface area (Å²) in [5.41, 5.74) is 4.48. The molecule has 0 radical (unpaired) electrons. The zero-order chi connectivity index (χ0) is 14.8. The fourth-order valence-corrected chi connectivity index (χ4v) is 2.64. The molecule has 1 aromatic carbocycles. The van der Waals surface area contributed by atoms with E-state index >= 15 is 0 Å². The van der Waals surface area contributed by atoms with Gasteiger partial charge >= 0.3 is 0 Å². The van der Waals surface area contributed by atoms with Crippen LogP contribution >= 0.6 is 0 Å². The Hall–Kier alpha value is -2.30. The van der Waals surface area contributed by atoms with Gasteiger partial charge in [-0.25, -0.2) is 0 Å². The molecular weight excluding hydrogens is 266 g/mol. The van der Waals surface area contributed by atoms with Gasteiger partial charge in [-0.15, -0.1) is 0 Å². The van der Waals surface area contributed by atoms with E-state index in [1.54, 1.807) is 0 Å². The van der Waals surface area contributed by atoms with Gasteiger partial charge in [0, 0.05) is 30.1 Å². The first kappa shape index (κ1) is 13.7. The summed E-state index contributed by atoms with van der Waals surface area (Å²) in [4.78, 5) is 20.3. The lowest BCUT2D eigenvalue weighted by molar-refractivity contribution is -0.131. The number of benzene rings is 1. The molecule has 0 fully saturated rings. The van der Waals surface area contributed by atoms with E-state index in [1.807, 2.05) is 13.1 Å². The molecular formula is C16H19N3O2. The van der Waals surface area contributed by atoms with Crippen molar-refractivity contribution >= 4 is 22.5 Å². The van der Waals surface area contributed by atoms with E-state index in [4.69, 9.17) is 4.84 Å². The summed E-state index contributed by atoms with van der Waals surface area (Å²) in [6, 6.07) is 6.25. The van der Waals surface area contributed by atoms with E-state index < -0.39 is 6.10 Å². The summed E-state index contributed by atoms with van der Waals surface area (Å²) >= 11 is 0. The topological polar surface area (TPSA) is 66.5 Å². The molecule has 0 spiro atoms. The van der Waals surface area contributed by atoms with E-state index in [2.05, 4.69) is 40.6 Å². The second kappa shape index (κ2) is 5.60. The Kier molecular flexibility index (Phi) is 3.64. The second-order valence-electron chi connectivity index (χ2n) is 5.48. The Morgan fingerprint density at radius 3 is 3.10 bits per heavy atom. The standard InChI is InChI=1S/C16H19N3O2/c1-10-4-3-5-13-12(9-18-15(10)13)6-7-17-16(20)14-8-11(2)19-21-14/h3-5,9,14,18H,6-8H2,1-2H3,(H,17,20)/t14-/m1/s1. The minimum atomic E-state index is -0.463. The molecule has 0 unspecified atom stereocenters. The molecule has 2 N–H and O–H groups in total. The quantitative estimate of drug-likeness (QED) is 0.905. The van der Waals surface area contributed by atoms with Gasteiger partial charge < -0.3 is 15.1 Å². The summed E-state index contributed by atoms with van der Waals surface area (Å²) in [6.07, 6.45) is 2.93. The van der Waals surface area contributed by atoms with Gasteiger partial charge in [0.2, 0.25) is 6.10 Å². The maximum Gasteiger partial charge on any atom is 0.264 e. The summed E-state index contributed by atoms with van der Waals surface area (Å²) in [5.74, 6) is -0.0911. The average Bonchev–Trinajstić information content (AvgIpc) is 3.07. The molecule has 2 aromatic rings. The number of oxime groups is 1. The Balaban J connectivity index is 1.57. The fraction of sp³-hybridized carbons (Fsp3) is 0.375. The molecule has 0 saturated carbocycles. The maximum absolute atomic E-state index is 11.9. The zero-order valence-electron chi connectivity index (χ0n) is 12.3. The van der Waals surface area contributed by atoms with Crippen LogP contribution in [0, 0.1) is 6.92 Å². The first-order valence-corrected chi connectivity index (χ1v) is 7.17. The van der Waals surface area contributed by atoms with E-state index in [-0.39, 0.29) is 5.91 Å². The van der Waals surface area contributed by atoms with E-state index in [0.29, 0.717) is 13.0 Å². The molecule has 5 nitrogen and oxygen atoms in total. The SMILES string of the molecule is CC1=NO[C@@H](C(=O)NCCc2c[nH]c3c(C)cccc23)C1. The Labute approximate surface area is 123 Å². The predicted molar refractivity (Wildman–Crippen MR) is 82.3 cm³/mol. The van der Waals surface area contributed by atoms with Gasteiger partial charge in [0.15, 0.2) is 0 Å². The molecule has 1 aliphatic heterocycles. The number of aryl methyl sites for hydroxylation is 1. The number of amides is 1. The molecule has 5 heteroatoms. The molecule has 1 aliphatic rings. The highest BCUT2D eigenvalue weighted by Gasteiger charge is 2.25. The molecule has 21 heavy (non-hydrogen) atoms. The van der Waals surface area contributed by atoms with Crippen molar-refractivity contribution in [1.82, 2.24) is 10.3 Å². The fourth-order valence-electron chi connectivity index (χ4n) is 2.64. The van der Waals surface area contributed by atoms with Crippen molar-refractivity contribution in [2.24, 2.45) is 5.16 Å². The number of para-hydroxylation sites is 1. The van der Waals surface area contributed by atoms with E-state index in [0.717, 1.165) is 12.1 Å². The van der Waals surface area contributed by atoms with Crippen LogP contribution in [-0.2, 0) is 16.1 Å². The molecule has 0 bridgehead atoms. The smallest absolute Gasteiger partial charge is 0.264 e. The van der Waals surface area contributed by atoms with Crippen molar-refractivity contribution in [3.63, 3.8) is 0 Å². The molecule has 3 rings (SSSR count). The van der Waals surface area contributed by atoms with Gasteiger partial charge in [-0.3, -0.25) is 4.79 Å². The Morgan fingerprint density at radius 1 is 1.48 bits per heavy atom. The van der Waals surface area contributed by atoms with Crippen LogP contribution < -0.4 is 5.32 Å². The lowest BCUT2D eigenvalue weighted by atomic mass is 10.1. The minimum Gasteiger partial charge on any atom is -0.382 e. The number of H-pyrrole nitrogens is 1. The molecule has 110 valence electrons. The number of aromatic amines is 1. The van der Waals surface area contributed by atoms with Gasteiger partial charge in [0.25, 0.3) is 5.91 Å². The number of nitrogens with zero attached hydrogens (tertiary/aromatic N) is 1. The predicted octanol–water partition coefficient (Wildman–Crippen LogP) is 2.30. The van der Waals surface area contributed by atoms with Crippen LogP contribution in [0.5, 0.6) is 0 Å². The van der Waals surface area contributed by atoms with Crippen molar-refractivity contribution in [3.8, 4) is 0 Å². The number of carbonyl (C=O) groups is 1. The number of rotatable bonds is 4. The summed E-state index contributed by atoms with van der Waals surface area (Å²) in [5, 5.41) is 7.93. The van der Waals surface area contributed by atoms with Gasteiger partial charge in [0.05, 0.1) is 5.71 Å². The number of carbonyl (C=O) groups excluding carboxylic acids is 1. The van der Waals surface area contributed by atoms with Crippen LogP contribution in [0.25, 0.3) is 10.9 Å². The lowest BCUT2D eigenvalue weighted by Gasteiger charge is -2.09. The number of aromatic nitrogens is 1. The molecule has 0 saturated heterocycles. The third-order valence-corrected chi connectivity index (χ3v) is 3.81. The second-order valence-corrected chi connectivity index (χ2v) is 5.48. The molecule has 1 amide bonds. The molecule has 0 aliphatic carbocycles. The molecule has 1 aromatic heterocycles. The summed E-state index contributed by atoms with van der Waals surface area (Å²) in [6.45, 7) is 4.55. The van der Waals surface area contributed by atoms with Crippen molar-refractivity contribution < 1.29 is 9.63 Å². The first-order valence-electron chi connectivity index (χ1n) is 7.17. The van der Waals surface area contributed by atoms with E-state index in [1.165, 1.54) is 22.0 Å². The number of hydrogen-bond acceptors (Lipinski definition) is 3. The van der Waals surface area contributed by atoms with Crippen molar-refractivity contribution in [2.75, 3.05) is 6.54 Å². The molecule has 1 atom stereocenters. The summed E-state index contributed by atoms with van der Waals surface area (Å²) in [7, 11) is 0. The van der Waals surface area contributed by atoms with Crippen LogP contribution in [0.15, 0.2) is 29.6 Å². The highest BCUT2D eigenvalue weighted by atomic mass is 16.6. The largest absolute Gasteiger partial charge is 0.382 e. The average molecular weight is 285 g/mol. The monoisotopic (exact) mass is 285 g/mol. The van der Waals surface area contributed by atoms with Crippen LogP contribution in [0.2, 0.25) is 0 Å². The first-order chi connectivity index (χ1) is 10.1. The van der Waals surface area contributed by atoms with Crippen LogP contribution in [-0.4, -0.2) is 29.3 Å². The third kappa shape index (κ3) is 2.77. The Morgan fingerprint density at radius 2 is 2.33 bits per heavy atom. The highest BCUT2D eigenvalue weighted by Crippen LogP contribution is 2.21. The lowest BCUT2D eigenvalue weighted by Crippen LogP contribution is -2.35. The van der Waals surface area contributed by atoms with E-state index in [9.17, 15) is 4.79 Å². The van der Waals surface area contributed by atoms with Crippen molar-refractivity contribution in [1.29, 1.82) is 0 Å². The maximum atomic E-state index is 11.9. The summed E-state index contributed by atoms with van der Waals surface area (Å²) < 4.78 is 0. The van der Waals surface area contributed by atoms with Crippen LogP contribution in [0.1, 0.15) is 24.5 Å². The normalized spacial score (nSPS) is 17.6. The van der Waals surface area contributed by atoms with Crippen molar-refractivity contribution in [2.45, 2.75) is 32.8 Å². The number of hydrogen-bond donors (Lipinski definition) is 2. The highest BCUT2D eigenvalue weighted by molar-refractivity contribution is 5.91. The van der Waals surface area contributed by atoms with Crippen LogP contribution in [0.4, 0.5) is 0 Å². The van der Waals surface area contributed by atoms with Gasteiger partial charge in [0.1, 0.15) is 0 Å². The van der Waals surface area contributed by atoms with Gasteiger partial charge in [-0.05, 0) is 31.4 Å². The van der Waals surface area contributed by atoms with Crippen LogP contribution in [0.3, 0.4) is 0 Å². The minimum absolute atomic E-state index is 0.0911. The van der Waals surface area contributed by atoms with Gasteiger partial charge in [-0.2, -0.15) is 0 Å². The van der Waals surface area contributed by atoms with Gasteiger partial charge in [-0.1, -0.05) is 23.4 Å². The van der Waals surface area contributed by atoms with Crippen molar-refractivity contribution in [3.05, 3.63) is 35.5 Å². The number of fused-ring (bicyclic) bond motifs is 1. The Bertz CT molecular complexity index is 703. The zero-order valence-corrected chi connectivity index (χ0v) is 12.3. The number of nitrogens with one attached hydrogen (secondary N) is 2. The third-order valence-electron chi connectivity index (χ3n) is 3.81.